The third kappa shape index (κ3) is 7.81. The van der Waals surface area contributed by atoms with Crippen molar-refractivity contribution in [3.8, 4) is 0 Å². The van der Waals surface area contributed by atoms with Gasteiger partial charge in [0, 0.05) is 36.5 Å². The molecular weight excluding hydrogens is 286 g/mol. The minimum absolute atomic E-state index is 0. The SMILES string of the molecule is CC(N)CCNC(=O)CCNC(=O)c1ccsc1.Cl. The summed E-state index contributed by atoms with van der Waals surface area (Å²) in [5, 5.41) is 9.07. The second-order valence-corrected chi connectivity index (χ2v) is 4.91. The van der Waals surface area contributed by atoms with E-state index in [9.17, 15) is 9.59 Å². The molecule has 0 bridgehead atoms. The second-order valence-electron chi connectivity index (χ2n) is 4.13. The molecule has 1 atom stereocenters. The van der Waals surface area contributed by atoms with Crippen LogP contribution in [0.5, 0.6) is 0 Å². The van der Waals surface area contributed by atoms with Crippen LogP contribution < -0.4 is 16.4 Å². The summed E-state index contributed by atoms with van der Waals surface area (Å²) < 4.78 is 0. The molecule has 1 unspecified atom stereocenters. The zero-order valence-electron chi connectivity index (χ0n) is 10.8. The Labute approximate surface area is 123 Å². The molecule has 0 saturated carbocycles. The van der Waals surface area contributed by atoms with E-state index in [0.29, 0.717) is 18.7 Å². The van der Waals surface area contributed by atoms with Crippen molar-refractivity contribution in [1.29, 1.82) is 0 Å². The molecular formula is C12H20ClN3O2S. The Hall–Kier alpha value is -1.11. The maximum absolute atomic E-state index is 11.5. The summed E-state index contributed by atoms with van der Waals surface area (Å²) in [7, 11) is 0. The Morgan fingerprint density at radius 2 is 2.11 bits per heavy atom. The van der Waals surface area contributed by atoms with Crippen molar-refractivity contribution in [2.75, 3.05) is 13.1 Å². The van der Waals surface area contributed by atoms with Crippen molar-refractivity contribution in [2.45, 2.75) is 25.8 Å². The highest BCUT2D eigenvalue weighted by Crippen LogP contribution is 2.04. The summed E-state index contributed by atoms with van der Waals surface area (Å²) in [5.41, 5.74) is 6.20. The first-order chi connectivity index (χ1) is 8.59. The normalized spacial score (nSPS) is 11.3. The summed E-state index contributed by atoms with van der Waals surface area (Å²) in [5.74, 6) is -0.208. The lowest BCUT2D eigenvalue weighted by molar-refractivity contribution is -0.120. The second kappa shape index (κ2) is 9.77. The zero-order chi connectivity index (χ0) is 13.4. The van der Waals surface area contributed by atoms with Gasteiger partial charge < -0.3 is 16.4 Å². The third-order valence-electron chi connectivity index (χ3n) is 2.34. The van der Waals surface area contributed by atoms with E-state index in [1.54, 1.807) is 11.4 Å². The smallest absolute Gasteiger partial charge is 0.252 e. The monoisotopic (exact) mass is 305 g/mol. The predicted molar refractivity (Wildman–Crippen MR) is 79.8 cm³/mol. The van der Waals surface area contributed by atoms with Gasteiger partial charge in [0.15, 0.2) is 0 Å². The van der Waals surface area contributed by atoms with E-state index in [-0.39, 0.29) is 36.7 Å². The van der Waals surface area contributed by atoms with Crippen LogP contribution >= 0.6 is 23.7 Å². The summed E-state index contributed by atoms with van der Waals surface area (Å²) in [6, 6.07) is 1.84. The molecule has 0 spiro atoms. The lowest BCUT2D eigenvalue weighted by atomic mass is 10.2. The van der Waals surface area contributed by atoms with Gasteiger partial charge in [-0.15, -0.1) is 12.4 Å². The topological polar surface area (TPSA) is 84.2 Å². The first kappa shape index (κ1) is 17.9. The average Bonchev–Trinajstić information content (AvgIpc) is 2.81. The minimum atomic E-state index is -0.139. The van der Waals surface area contributed by atoms with Gasteiger partial charge in [0.1, 0.15) is 0 Å². The first-order valence-electron chi connectivity index (χ1n) is 5.92. The molecule has 0 aliphatic heterocycles. The molecule has 108 valence electrons. The summed E-state index contributed by atoms with van der Waals surface area (Å²) in [6.07, 6.45) is 1.04. The summed E-state index contributed by atoms with van der Waals surface area (Å²) in [4.78, 5) is 22.9. The van der Waals surface area contributed by atoms with E-state index in [0.717, 1.165) is 6.42 Å². The number of hydrogen-bond donors (Lipinski definition) is 3. The molecule has 1 rings (SSSR count). The van der Waals surface area contributed by atoms with Crippen molar-refractivity contribution >= 4 is 35.6 Å². The number of thiophene rings is 1. The van der Waals surface area contributed by atoms with Crippen LogP contribution in [-0.4, -0.2) is 30.9 Å². The lowest BCUT2D eigenvalue weighted by Crippen LogP contribution is -2.32. The molecule has 1 heterocycles. The Balaban J connectivity index is 0.00000324. The van der Waals surface area contributed by atoms with Gasteiger partial charge in [-0.05, 0) is 24.8 Å². The Morgan fingerprint density at radius 3 is 2.68 bits per heavy atom. The van der Waals surface area contributed by atoms with E-state index < -0.39 is 0 Å². The van der Waals surface area contributed by atoms with Crippen molar-refractivity contribution in [1.82, 2.24) is 10.6 Å². The number of nitrogens with two attached hydrogens (primary N) is 1. The van der Waals surface area contributed by atoms with Gasteiger partial charge >= 0.3 is 0 Å². The number of halogens is 1. The minimum Gasteiger partial charge on any atom is -0.356 e. The highest BCUT2D eigenvalue weighted by molar-refractivity contribution is 7.08. The van der Waals surface area contributed by atoms with Gasteiger partial charge in [-0.25, -0.2) is 0 Å². The van der Waals surface area contributed by atoms with Crippen molar-refractivity contribution in [3.05, 3.63) is 22.4 Å². The van der Waals surface area contributed by atoms with Gasteiger partial charge in [0.2, 0.25) is 5.91 Å². The van der Waals surface area contributed by atoms with Crippen LogP contribution in [0.15, 0.2) is 16.8 Å². The van der Waals surface area contributed by atoms with E-state index in [1.165, 1.54) is 11.3 Å². The van der Waals surface area contributed by atoms with Crippen LogP contribution in [0.1, 0.15) is 30.1 Å². The van der Waals surface area contributed by atoms with Crippen molar-refractivity contribution < 1.29 is 9.59 Å². The molecule has 5 nitrogen and oxygen atoms in total. The van der Waals surface area contributed by atoms with Gasteiger partial charge in [-0.2, -0.15) is 11.3 Å². The Kier molecular flexibility index (Phi) is 9.20. The van der Waals surface area contributed by atoms with Crippen LogP contribution in [0.2, 0.25) is 0 Å². The van der Waals surface area contributed by atoms with Gasteiger partial charge in [0.05, 0.1) is 0 Å². The quantitative estimate of drug-likeness (QED) is 0.706. The molecule has 4 N–H and O–H groups in total. The van der Waals surface area contributed by atoms with Crippen molar-refractivity contribution in [3.63, 3.8) is 0 Å². The molecule has 0 fully saturated rings. The van der Waals surface area contributed by atoms with Crippen LogP contribution in [0.4, 0.5) is 0 Å². The average molecular weight is 306 g/mol. The number of carbonyl (C=O) groups excluding carboxylic acids is 2. The fourth-order valence-corrected chi connectivity index (χ4v) is 1.95. The van der Waals surface area contributed by atoms with Gasteiger partial charge in [-0.1, -0.05) is 0 Å². The molecule has 0 aromatic carbocycles. The zero-order valence-corrected chi connectivity index (χ0v) is 12.5. The number of hydrogen-bond acceptors (Lipinski definition) is 4. The van der Waals surface area contributed by atoms with Crippen LogP contribution in [0.25, 0.3) is 0 Å². The van der Waals surface area contributed by atoms with Crippen molar-refractivity contribution in [2.24, 2.45) is 5.73 Å². The van der Waals surface area contributed by atoms with Gasteiger partial charge in [-0.3, -0.25) is 9.59 Å². The largest absolute Gasteiger partial charge is 0.356 e. The molecule has 2 amide bonds. The maximum Gasteiger partial charge on any atom is 0.252 e. The summed E-state index contributed by atoms with van der Waals surface area (Å²) in [6.45, 7) is 2.82. The van der Waals surface area contributed by atoms with E-state index in [1.807, 2.05) is 12.3 Å². The summed E-state index contributed by atoms with van der Waals surface area (Å²) >= 11 is 1.47. The highest BCUT2D eigenvalue weighted by atomic mass is 35.5. The Morgan fingerprint density at radius 1 is 1.37 bits per heavy atom. The molecule has 0 saturated heterocycles. The fourth-order valence-electron chi connectivity index (χ4n) is 1.31. The number of amides is 2. The molecule has 0 radical (unpaired) electrons. The van der Waals surface area contributed by atoms with E-state index in [2.05, 4.69) is 10.6 Å². The fraction of sp³-hybridized carbons (Fsp3) is 0.500. The maximum atomic E-state index is 11.5. The van der Waals surface area contributed by atoms with Crippen LogP contribution in [0.3, 0.4) is 0 Å². The standard InChI is InChI=1S/C12H19N3O2S.ClH/c1-9(13)2-5-14-11(16)3-6-15-12(17)10-4-7-18-8-10;/h4,7-9H,2-3,5-6,13H2,1H3,(H,14,16)(H,15,17);1H. The van der Waals surface area contributed by atoms with Gasteiger partial charge in [0.25, 0.3) is 5.91 Å². The number of rotatable bonds is 7. The van der Waals surface area contributed by atoms with Crippen LogP contribution in [-0.2, 0) is 4.79 Å². The number of carbonyl (C=O) groups is 2. The van der Waals surface area contributed by atoms with Crippen LogP contribution in [0, 0.1) is 0 Å². The van der Waals surface area contributed by atoms with E-state index >= 15 is 0 Å². The third-order valence-corrected chi connectivity index (χ3v) is 3.03. The van der Waals surface area contributed by atoms with E-state index in [4.69, 9.17) is 5.73 Å². The molecule has 1 aromatic rings. The molecule has 7 heteroatoms. The molecule has 0 aliphatic carbocycles. The predicted octanol–water partition coefficient (Wildman–Crippen LogP) is 1.14. The Bertz CT molecular complexity index is 382. The number of nitrogens with one attached hydrogen (secondary N) is 2. The lowest BCUT2D eigenvalue weighted by Gasteiger charge is -2.07. The molecule has 1 aromatic heterocycles. The molecule has 19 heavy (non-hydrogen) atoms. The highest BCUT2D eigenvalue weighted by Gasteiger charge is 2.06. The molecule has 0 aliphatic rings. The first-order valence-corrected chi connectivity index (χ1v) is 6.86.